The molecule has 0 aromatic rings. The van der Waals surface area contributed by atoms with Crippen molar-refractivity contribution >= 4 is 15.8 Å². The zero-order valence-electron chi connectivity index (χ0n) is 14.4. The minimum Gasteiger partial charge on any atom is -0.381 e. The van der Waals surface area contributed by atoms with Crippen LogP contribution in [0.4, 0.5) is 0 Å². The monoisotopic (exact) mass is 333 g/mol. The SMILES string of the molecule is CCCCN(C)C(=NCC1(S(C)(=O)=O)CCOCC1)NCC. The molecule has 1 aliphatic rings. The van der Waals surface area contributed by atoms with Gasteiger partial charge in [0.15, 0.2) is 15.8 Å². The Balaban J connectivity index is 2.89. The maximum absolute atomic E-state index is 12.3. The fourth-order valence-electron chi connectivity index (χ4n) is 2.58. The normalized spacial score (nSPS) is 19.0. The number of ether oxygens (including phenoxy) is 1. The van der Waals surface area contributed by atoms with Gasteiger partial charge < -0.3 is 15.0 Å². The highest BCUT2D eigenvalue weighted by molar-refractivity contribution is 7.92. The molecular formula is C15H31N3O3S. The smallest absolute Gasteiger partial charge is 0.193 e. The van der Waals surface area contributed by atoms with Gasteiger partial charge in [0.1, 0.15) is 0 Å². The third-order valence-corrected chi connectivity index (χ3v) is 6.36. The van der Waals surface area contributed by atoms with Gasteiger partial charge in [-0.05, 0) is 26.2 Å². The van der Waals surface area contributed by atoms with Crippen LogP contribution in [0.5, 0.6) is 0 Å². The number of nitrogens with zero attached hydrogens (tertiary/aromatic N) is 2. The van der Waals surface area contributed by atoms with Crippen LogP contribution in [0.1, 0.15) is 39.5 Å². The van der Waals surface area contributed by atoms with E-state index in [1.807, 2.05) is 14.0 Å². The molecule has 1 saturated heterocycles. The maximum Gasteiger partial charge on any atom is 0.193 e. The van der Waals surface area contributed by atoms with Crippen LogP contribution in [0.25, 0.3) is 0 Å². The van der Waals surface area contributed by atoms with Crippen LogP contribution >= 0.6 is 0 Å². The molecular weight excluding hydrogens is 302 g/mol. The topological polar surface area (TPSA) is 71.0 Å². The van der Waals surface area contributed by atoms with Crippen LogP contribution in [0, 0.1) is 0 Å². The number of unbranched alkanes of at least 4 members (excludes halogenated alkanes) is 1. The van der Waals surface area contributed by atoms with Crippen LogP contribution < -0.4 is 5.32 Å². The van der Waals surface area contributed by atoms with E-state index in [1.165, 1.54) is 6.26 Å². The number of sulfone groups is 1. The first-order valence-corrected chi connectivity index (χ1v) is 10.0. The Morgan fingerprint density at radius 2 is 1.95 bits per heavy atom. The van der Waals surface area contributed by atoms with E-state index in [4.69, 9.17) is 4.74 Å². The second-order valence-electron chi connectivity index (χ2n) is 6.01. The first-order chi connectivity index (χ1) is 10.4. The van der Waals surface area contributed by atoms with Crippen molar-refractivity contribution in [3.63, 3.8) is 0 Å². The number of hydrogen-bond acceptors (Lipinski definition) is 4. The standard InChI is InChI=1S/C15H31N3O3S/c1-5-7-10-18(3)14(16-6-2)17-13-15(22(4,19)20)8-11-21-12-9-15/h5-13H2,1-4H3,(H,16,17). The van der Waals surface area contributed by atoms with Gasteiger partial charge in [0.05, 0.1) is 11.3 Å². The van der Waals surface area contributed by atoms with E-state index in [-0.39, 0.29) is 0 Å². The number of rotatable bonds is 7. The average molecular weight is 333 g/mol. The first-order valence-electron chi connectivity index (χ1n) is 8.13. The summed E-state index contributed by atoms with van der Waals surface area (Å²) in [6, 6.07) is 0. The van der Waals surface area contributed by atoms with E-state index in [9.17, 15) is 8.42 Å². The second kappa shape index (κ2) is 8.72. The van der Waals surface area contributed by atoms with Gasteiger partial charge in [-0.2, -0.15) is 0 Å². The minimum atomic E-state index is -3.17. The van der Waals surface area contributed by atoms with E-state index in [1.54, 1.807) is 0 Å². The van der Waals surface area contributed by atoms with Gasteiger partial charge in [-0.25, -0.2) is 8.42 Å². The highest BCUT2D eigenvalue weighted by Crippen LogP contribution is 2.29. The summed E-state index contributed by atoms with van der Waals surface area (Å²) in [7, 11) is -1.18. The summed E-state index contributed by atoms with van der Waals surface area (Å²) in [6.45, 7) is 7.13. The molecule has 0 bridgehead atoms. The lowest BCUT2D eigenvalue weighted by atomic mass is 9.99. The van der Waals surface area contributed by atoms with Crippen molar-refractivity contribution in [1.29, 1.82) is 0 Å². The molecule has 0 saturated carbocycles. The van der Waals surface area contributed by atoms with Crippen LogP contribution in [-0.2, 0) is 14.6 Å². The average Bonchev–Trinajstić information content (AvgIpc) is 2.48. The molecule has 0 unspecified atom stereocenters. The van der Waals surface area contributed by atoms with E-state index in [2.05, 4.69) is 22.1 Å². The number of aliphatic imine (C=N–C) groups is 1. The Labute approximate surface area is 135 Å². The van der Waals surface area contributed by atoms with Crippen LogP contribution in [0.3, 0.4) is 0 Å². The fraction of sp³-hybridized carbons (Fsp3) is 0.933. The molecule has 7 heteroatoms. The number of guanidine groups is 1. The van der Waals surface area contributed by atoms with Crippen molar-refractivity contribution < 1.29 is 13.2 Å². The van der Waals surface area contributed by atoms with Crippen molar-refractivity contribution in [3.8, 4) is 0 Å². The Morgan fingerprint density at radius 1 is 1.32 bits per heavy atom. The van der Waals surface area contributed by atoms with Crippen LogP contribution in [-0.4, -0.2) is 70.2 Å². The highest BCUT2D eigenvalue weighted by atomic mass is 32.2. The lowest BCUT2D eigenvalue weighted by Crippen LogP contribution is -2.47. The summed E-state index contributed by atoms with van der Waals surface area (Å²) < 4.78 is 29.1. The first kappa shape index (κ1) is 19.2. The molecule has 0 aliphatic carbocycles. The zero-order valence-corrected chi connectivity index (χ0v) is 15.2. The molecule has 6 nitrogen and oxygen atoms in total. The molecule has 22 heavy (non-hydrogen) atoms. The van der Waals surface area contributed by atoms with Gasteiger partial charge in [-0.3, -0.25) is 4.99 Å². The van der Waals surface area contributed by atoms with Crippen molar-refractivity contribution in [1.82, 2.24) is 10.2 Å². The zero-order chi connectivity index (χ0) is 16.6. The number of hydrogen-bond donors (Lipinski definition) is 1. The molecule has 0 atom stereocenters. The van der Waals surface area contributed by atoms with Gasteiger partial charge in [-0.15, -0.1) is 0 Å². The van der Waals surface area contributed by atoms with Gasteiger partial charge in [0.2, 0.25) is 0 Å². The summed E-state index contributed by atoms with van der Waals surface area (Å²) in [5, 5.41) is 3.25. The van der Waals surface area contributed by atoms with Crippen molar-refractivity contribution in [3.05, 3.63) is 0 Å². The van der Waals surface area contributed by atoms with E-state index in [0.717, 1.165) is 31.9 Å². The summed E-state index contributed by atoms with van der Waals surface area (Å²) in [4.78, 5) is 6.70. The Morgan fingerprint density at radius 3 is 2.45 bits per heavy atom. The van der Waals surface area contributed by atoms with Gasteiger partial charge in [0, 0.05) is 39.6 Å². The third kappa shape index (κ3) is 5.12. The predicted octanol–water partition coefficient (Wildman–Crippen LogP) is 1.28. The van der Waals surface area contributed by atoms with Crippen molar-refractivity contribution in [2.24, 2.45) is 4.99 Å². The third-order valence-electron chi connectivity index (χ3n) is 4.25. The molecule has 1 fully saturated rings. The van der Waals surface area contributed by atoms with E-state index < -0.39 is 14.6 Å². The predicted molar refractivity (Wildman–Crippen MR) is 91.1 cm³/mol. The number of nitrogens with one attached hydrogen (secondary N) is 1. The Kier molecular flexibility index (Phi) is 7.62. The summed E-state index contributed by atoms with van der Waals surface area (Å²) in [6.07, 6.45) is 4.57. The van der Waals surface area contributed by atoms with Gasteiger partial charge >= 0.3 is 0 Å². The summed E-state index contributed by atoms with van der Waals surface area (Å²) in [5.41, 5.74) is 0. The second-order valence-corrected chi connectivity index (χ2v) is 8.42. The van der Waals surface area contributed by atoms with E-state index in [0.29, 0.717) is 32.6 Å². The molecule has 1 N–H and O–H groups in total. The molecule has 1 aliphatic heterocycles. The molecule has 0 aromatic carbocycles. The summed E-state index contributed by atoms with van der Waals surface area (Å²) in [5.74, 6) is 0.783. The molecule has 0 radical (unpaired) electrons. The van der Waals surface area contributed by atoms with Crippen molar-refractivity contribution in [2.75, 3.05) is 46.2 Å². The lowest BCUT2D eigenvalue weighted by molar-refractivity contribution is 0.0767. The maximum atomic E-state index is 12.3. The largest absolute Gasteiger partial charge is 0.381 e. The lowest BCUT2D eigenvalue weighted by Gasteiger charge is -2.34. The fourth-order valence-corrected chi connectivity index (χ4v) is 3.79. The van der Waals surface area contributed by atoms with Crippen LogP contribution in [0.15, 0.2) is 4.99 Å². The molecule has 0 amide bonds. The Bertz CT molecular complexity index is 457. The van der Waals surface area contributed by atoms with Gasteiger partial charge in [-0.1, -0.05) is 13.3 Å². The highest BCUT2D eigenvalue weighted by Gasteiger charge is 2.42. The molecule has 0 aromatic heterocycles. The molecule has 130 valence electrons. The van der Waals surface area contributed by atoms with Crippen LogP contribution in [0.2, 0.25) is 0 Å². The van der Waals surface area contributed by atoms with Gasteiger partial charge in [0.25, 0.3) is 0 Å². The quantitative estimate of drug-likeness (QED) is 0.561. The van der Waals surface area contributed by atoms with E-state index >= 15 is 0 Å². The molecule has 1 heterocycles. The summed E-state index contributed by atoms with van der Waals surface area (Å²) >= 11 is 0. The Hall–Kier alpha value is -0.820. The van der Waals surface area contributed by atoms with Crippen molar-refractivity contribution in [2.45, 2.75) is 44.3 Å². The molecule has 0 spiro atoms. The minimum absolute atomic E-state index is 0.300. The molecule has 1 rings (SSSR count).